The van der Waals surface area contributed by atoms with Crippen LogP contribution in [0.3, 0.4) is 0 Å². The molecule has 2 aromatic carbocycles. The number of ether oxygens (including phenoxy) is 2. The van der Waals surface area contributed by atoms with Crippen LogP contribution in [0.15, 0.2) is 48.5 Å². The third-order valence-electron chi connectivity index (χ3n) is 2.95. The van der Waals surface area contributed by atoms with Gasteiger partial charge in [-0.15, -0.1) is 0 Å². The first-order chi connectivity index (χ1) is 11.3. The number of rotatable bonds is 6. The van der Waals surface area contributed by atoms with Gasteiger partial charge in [0.25, 0.3) is 0 Å². The van der Waals surface area contributed by atoms with Crippen molar-refractivity contribution in [2.75, 3.05) is 6.61 Å². The highest BCUT2D eigenvalue weighted by Gasteiger charge is 2.32. The van der Waals surface area contributed by atoms with Crippen LogP contribution in [0.4, 0.5) is 17.6 Å². The summed E-state index contributed by atoms with van der Waals surface area (Å²) < 4.78 is 61.3. The Kier molecular flexibility index (Phi) is 5.28. The van der Waals surface area contributed by atoms with E-state index in [1.54, 1.807) is 30.3 Å². The Morgan fingerprint density at radius 1 is 1.12 bits per heavy atom. The van der Waals surface area contributed by atoms with Gasteiger partial charge < -0.3 is 14.6 Å². The lowest BCUT2D eigenvalue weighted by Gasteiger charge is -2.17. The number of para-hydroxylation sites is 1. The molecule has 8 heteroatoms. The van der Waals surface area contributed by atoms with Crippen LogP contribution in [0.1, 0.15) is 5.56 Å². The summed E-state index contributed by atoms with van der Waals surface area (Å²) >= 11 is 0. The van der Waals surface area contributed by atoms with Crippen LogP contribution in [0.2, 0.25) is 0 Å². The van der Waals surface area contributed by atoms with E-state index in [-0.39, 0.29) is 6.07 Å². The number of hydrogen-bond donors (Lipinski definition) is 1. The van der Waals surface area contributed by atoms with Gasteiger partial charge in [-0.2, -0.15) is 13.2 Å². The van der Waals surface area contributed by atoms with Gasteiger partial charge in [-0.3, -0.25) is 0 Å². The van der Waals surface area contributed by atoms with Gasteiger partial charge in [-0.1, -0.05) is 18.2 Å². The molecule has 1 unspecified atom stereocenters. The minimum absolute atomic E-state index is 0.242. The maximum atomic E-state index is 13.7. The van der Waals surface area contributed by atoms with E-state index in [1.165, 1.54) is 0 Å². The van der Waals surface area contributed by atoms with Gasteiger partial charge in [0.05, 0.1) is 5.56 Å². The molecule has 0 aliphatic rings. The topological polar surface area (TPSA) is 55.8 Å². The fourth-order valence-corrected chi connectivity index (χ4v) is 1.77. The van der Waals surface area contributed by atoms with Crippen molar-refractivity contribution in [2.45, 2.75) is 12.3 Å². The molecule has 0 fully saturated rings. The Bertz CT molecular complexity index is 701. The number of alkyl halides is 3. The van der Waals surface area contributed by atoms with Crippen LogP contribution in [0, 0.1) is 5.82 Å². The minimum Gasteiger partial charge on any atom is -0.489 e. The van der Waals surface area contributed by atoms with Gasteiger partial charge in [0.15, 0.2) is 11.6 Å². The predicted molar refractivity (Wildman–Crippen MR) is 75.4 cm³/mol. The van der Waals surface area contributed by atoms with Crippen LogP contribution >= 0.6 is 0 Å². The average Bonchev–Trinajstić information content (AvgIpc) is 2.52. The molecule has 0 aliphatic heterocycles. The number of benzene rings is 2. The first-order valence-corrected chi connectivity index (χ1v) is 6.71. The molecule has 0 saturated heterocycles. The molecule has 0 aromatic heterocycles. The number of carboxylic acids is 1. The molecule has 0 bridgehead atoms. The van der Waals surface area contributed by atoms with E-state index in [0.29, 0.717) is 11.8 Å². The fraction of sp³-hybridized carbons (Fsp3) is 0.188. The van der Waals surface area contributed by atoms with E-state index in [2.05, 4.69) is 0 Å². The van der Waals surface area contributed by atoms with Gasteiger partial charge in [0.1, 0.15) is 12.4 Å². The zero-order valence-corrected chi connectivity index (χ0v) is 12.1. The molecule has 0 spiro atoms. The molecule has 24 heavy (non-hydrogen) atoms. The highest BCUT2D eigenvalue weighted by atomic mass is 19.4. The second-order valence-corrected chi connectivity index (χ2v) is 4.71. The van der Waals surface area contributed by atoms with Gasteiger partial charge in [-0.05, 0) is 30.3 Å². The zero-order valence-electron chi connectivity index (χ0n) is 12.1. The first kappa shape index (κ1) is 17.6. The van der Waals surface area contributed by atoms with E-state index < -0.39 is 42.0 Å². The molecule has 1 atom stereocenters. The number of hydrogen-bond acceptors (Lipinski definition) is 3. The molecular formula is C16H12F4O4. The number of halogens is 4. The summed E-state index contributed by atoms with van der Waals surface area (Å²) in [6, 6.07) is 9.81. The zero-order chi connectivity index (χ0) is 17.7. The third-order valence-corrected chi connectivity index (χ3v) is 2.95. The molecule has 0 radical (unpaired) electrons. The molecule has 0 aliphatic carbocycles. The van der Waals surface area contributed by atoms with E-state index in [0.717, 1.165) is 6.07 Å². The smallest absolute Gasteiger partial charge is 0.416 e. The molecule has 1 N–H and O–H groups in total. The molecule has 2 rings (SSSR count). The third kappa shape index (κ3) is 4.61. The van der Waals surface area contributed by atoms with Crippen molar-refractivity contribution in [3.05, 3.63) is 59.9 Å². The fourth-order valence-electron chi connectivity index (χ4n) is 1.77. The van der Waals surface area contributed by atoms with Crippen molar-refractivity contribution in [2.24, 2.45) is 0 Å². The second-order valence-electron chi connectivity index (χ2n) is 4.71. The van der Waals surface area contributed by atoms with Crippen molar-refractivity contribution < 1.29 is 36.9 Å². The summed E-state index contributed by atoms with van der Waals surface area (Å²) in [5, 5.41) is 9.08. The lowest BCUT2D eigenvalue weighted by molar-refractivity contribution is -0.146. The van der Waals surface area contributed by atoms with E-state index in [4.69, 9.17) is 14.6 Å². The molecule has 0 amide bonds. The van der Waals surface area contributed by atoms with Crippen LogP contribution in [0.5, 0.6) is 11.5 Å². The summed E-state index contributed by atoms with van der Waals surface area (Å²) in [5.41, 5.74) is -1.19. The van der Waals surface area contributed by atoms with Crippen LogP contribution in [0.25, 0.3) is 0 Å². The Hall–Kier alpha value is -2.77. The van der Waals surface area contributed by atoms with E-state index >= 15 is 0 Å². The Labute approximate surface area is 134 Å². The standard InChI is InChI=1S/C16H12F4O4/c17-12-8-10(16(18,19)20)6-7-13(12)24-14(15(21)22)9-23-11-4-2-1-3-5-11/h1-8,14H,9H2,(H,21,22). The maximum absolute atomic E-state index is 13.7. The van der Waals surface area contributed by atoms with E-state index in [9.17, 15) is 22.4 Å². The van der Waals surface area contributed by atoms with Gasteiger partial charge >= 0.3 is 12.1 Å². The first-order valence-electron chi connectivity index (χ1n) is 6.71. The van der Waals surface area contributed by atoms with Gasteiger partial charge in [0.2, 0.25) is 6.10 Å². The Morgan fingerprint density at radius 3 is 2.33 bits per heavy atom. The summed E-state index contributed by atoms with van der Waals surface area (Å²) in [6.07, 6.45) is -6.29. The molecule has 128 valence electrons. The van der Waals surface area contributed by atoms with Crippen LogP contribution < -0.4 is 9.47 Å². The highest BCUT2D eigenvalue weighted by molar-refractivity contribution is 5.73. The van der Waals surface area contributed by atoms with Crippen molar-refractivity contribution in [3.63, 3.8) is 0 Å². The Balaban J connectivity index is 2.09. The molecule has 2 aromatic rings. The van der Waals surface area contributed by atoms with Crippen molar-refractivity contribution >= 4 is 5.97 Å². The van der Waals surface area contributed by atoms with Crippen molar-refractivity contribution in [3.8, 4) is 11.5 Å². The van der Waals surface area contributed by atoms with Crippen molar-refractivity contribution in [1.82, 2.24) is 0 Å². The van der Waals surface area contributed by atoms with Crippen molar-refractivity contribution in [1.29, 1.82) is 0 Å². The van der Waals surface area contributed by atoms with E-state index in [1.807, 2.05) is 0 Å². The molecule has 4 nitrogen and oxygen atoms in total. The number of carboxylic acid groups (broad SMARTS) is 1. The van der Waals surface area contributed by atoms with Gasteiger partial charge in [0, 0.05) is 0 Å². The molecule has 0 heterocycles. The lowest BCUT2D eigenvalue weighted by Crippen LogP contribution is -2.33. The SMILES string of the molecule is O=C(O)C(COc1ccccc1)Oc1ccc(C(F)(F)F)cc1F. The second kappa shape index (κ2) is 7.20. The summed E-state index contributed by atoms with van der Waals surface area (Å²) in [6.45, 7) is -0.445. The van der Waals surface area contributed by atoms with Crippen LogP contribution in [-0.4, -0.2) is 23.8 Å². The predicted octanol–water partition coefficient (Wildman–Crippen LogP) is 3.76. The average molecular weight is 344 g/mol. The quantitative estimate of drug-likeness (QED) is 0.811. The van der Waals surface area contributed by atoms with Gasteiger partial charge in [-0.25, -0.2) is 9.18 Å². The largest absolute Gasteiger partial charge is 0.489 e. The normalized spacial score (nSPS) is 12.5. The highest BCUT2D eigenvalue weighted by Crippen LogP contribution is 2.32. The molecular weight excluding hydrogens is 332 g/mol. The number of aliphatic carboxylic acids is 1. The lowest BCUT2D eigenvalue weighted by atomic mass is 10.2. The summed E-state index contributed by atoms with van der Waals surface area (Å²) in [5.74, 6) is -2.98. The minimum atomic E-state index is -4.71. The Morgan fingerprint density at radius 2 is 1.79 bits per heavy atom. The summed E-state index contributed by atoms with van der Waals surface area (Å²) in [7, 11) is 0. The number of carbonyl (C=O) groups is 1. The maximum Gasteiger partial charge on any atom is 0.416 e. The molecule has 0 saturated carbocycles. The van der Waals surface area contributed by atoms with Crippen LogP contribution in [-0.2, 0) is 11.0 Å². The monoisotopic (exact) mass is 344 g/mol. The summed E-state index contributed by atoms with van der Waals surface area (Å²) in [4.78, 5) is 11.2.